The second-order valence-electron chi connectivity index (χ2n) is 8.09. The van der Waals surface area contributed by atoms with Crippen LogP contribution in [0.2, 0.25) is 0 Å². The summed E-state index contributed by atoms with van der Waals surface area (Å²) in [5.41, 5.74) is 4.65. The molecule has 0 spiro atoms. The van der Waals surface area contributed by atoms with Gasteiger partial charge in [-0.1, -0.05) is 72.2 Å². The van der Waals surface area contributed by atoms with Crippen LogP contribution >= 0.6 is 0 Å². The van der Waals surface area contributed by atoms with Crippen molar-refractivity contribution < 1.29 is 0 Å². The quantitative estimate of drug-likeness (QED) is 0.248. The van der Waals surface area contributed by atoms with E-state index in [2.05, 4.69) is 72.2 Å². The topological polar surface area (TPSA) is 0 Å². The lowest BCUT2D eigenvalue weighted by Crippen LogP contribution is -2.69. The van der Waals surface area contributed by atoms with E-state index >= 15 is 0 Å². The zero-order valence-corrected chi connectivity index (χ0v) is 19.8. The highest BCUT2D eigenvalue weighted by Crippen LogP contribution is 2.17. The molecule has 0 heterocycles. The molecule has 4 rings (SSSR count). The molecule has 0 atom stereocenters. The molecule has 0 aliphatic heterocycles. The van der Waals surface area contributed by atoms with Gasteiger partial charge in [0.2, 0.25) is 0 Å². The number of hydrogen-bond donors (Lipinski definition) is 0. The molecule has 0 amide bonds. The summed E-state index contributed by atoms with van der Waals surface area (Å²) >= 11 is 0. The van der Waals surface area contributed by atoms with Gasteiger partial charge in [0.05, 0.1) is 0 Å². The molecule has 0 saturated heterocycles. The summed E-state index contributed by atoms with van der Waals surface area (Å²) in [6.45, 7) is 0. The molecule has 4 aromatic rings. The average Bonchev–Trinajstić information content (AvgIpc) is 2.92. The van der Waals surface area contributed by atoms with Crippen molar-refractivity contribution >= 4 is 23.6 Å². The second-order valence-corrected chi connectivity index (χ2v) is 12.0. The molecule has 34 heavy (non-hydrogen) atoms. The first-order valence-corrected chi connectivity index (χ1v) is 13.1. The van der Waals surface area contributed by atoms with Crippen molar-refractivity contribution in [3.05, 3.63) is 125 Å². The highest BCUT2D eigenvalue weighted by Gasteiger charge is 2.39. The molecule has 0 aromatic heterocycles. The Bertz CT molecular complexity index is 1320. The molecule has 0 radical (unpaired) electrons. The van der Waals surface area contributed by atoms with Crippen LogP contribution in [-0.4, -0.2) is 8.07 Å². The molecule has 1 heteroatoms. The third-order valence-corrected chi connectivity index (χ3v) is 11.1. The van der Waals surface area contributed by atoms with Crippen molar-refractivity contribution in [3.63, 3.8) is 0 Å². The predicted molar refractivity (Wildman–Crippen MR) is 146 cm³/mol. The summed E-state index contributed by atoms with van der Waals surface area (Å²) in [5, 5.41) is 3.78. The van der Waals surface area contributed by atoms with Crippen LogP contribution in [-0.2, 0) is 6.04 Å². The van der Waals surface area contributed by atoms with Gasteiger partial charge in [-0.25, -0.2) is 0 Å². The van der Waals surface area contributed by atoms with Gasteiger partial charge < -0.3 is 0 Å². The molecule has 0 bridgehead atoms. The third kappa shape index (κ3) is 4.31. The number of terminal acetylenes is 4. The van der Waals surface area contributed by atoms with Gasteiger partial charge in [0.25, 0.3) is 0 Å². The lowest BCUT2D eigenvalue weighted by molar-refractivity contribution is 1.34. The Labute approximate surface area is 203 Å². The summed E-state index contributed by atoms with van der Waals surface area (Å²) < 4.78 is 0. The van der Waals surface area contributed by atoms with Gasteiger partial charge in [0.1, 0.15) is 0 Å². The van der Waals surface area contributed by atoms with Crippen molar-refractivity contribution in [3.8, 4) is 49.4 Å². The Hall–Kier alpha value is -4.66. The third-order valence-electron chi connectivity index (χ3n) is 6.22. The summed E-state index contributed by atoms with van der Waals surface area (Å²) in [7, 11) is -2.56. The molecule has 0 fully saturated rings. The highest BCUT2D eigenvalue weighted by atomic mass is 28.3. The van der Waals surface area contributed by atoms with Gasteiger partial charge in [-0.15, -0.1) is 25.7 Å². The van der Waals surface area contributed by atoms with E-state index in [-0.39, 0.29) is 0 Å². The number of rotatable bonds is 5. The standard InChI is InChI=1S/C33H22Si/c1-5-26-9-11-30(12-10-26)25-34(31-19-13-27(6-2)14-20-31,32-21-15-28(7-3)16-22-32)33-23-17-29(8-4)18-24-33/h1-4,9-24H,25H2. The molecule has 0 nitrogen and oxygen atoms in total. The zero-order chi connectivity index (χ0) is 24.0. The van der Waals surface area contributed by atoms with E-state index in [1.807, 2.05) is 48.5 Å². The first-order chi connectivity index (χ1) is 16.6. The predicted octanol–water partition coefficient (Wildman–Crippen LogP) is 3.86. The fourth-order valence-corrected chi connectivity index (χ4v) is 9.05. The van der Waals surface area contributed by atoms with Crippen molar-refractivity contribution in [1.82, 2.24) is 0 Å². The van der Waals surface area contributed by atoms with E-state index in [1.54, 1.807) is 0 Å². The van der Waals surface area contributed by atoms with Crippen LogP contribution < -0.4 is 15.6 Å². The first-order valence-electron chi connectivity index (χ1n) is 10.9. The second kappa shape index (κ2) is 9.86. The molecule has 0 aliphatic rings. The molecular formula is C33H22Si. The van der Waals surface area contributed by atoms with Gasteiger partial charge in [-0.2, -0.15) is 0 Å². The minimum Gasteiger partial charge on any atom is -0.115 e. The van der Waals surface area contributed by atoms with Crippen LogP contribution in [0.15, 0.2) is 97.1 Å². The summed E-state index contributed by atoms with van der Waals surface area (Å²) in [5.74, 6) is 10.9. The lowest BCUT2D eigenvalue weighted by Gasteiger charge is -2.34. The lowest BCUT2D eigenvalue weighted by atomic mass is 10.2. The summed E-state index contributed by atoms with van der Waals surface area (Å²) in [6.07, 6.45) is 22.6. The van der Waals surface area contributed by atoms with Crippen LogP contribution in [0.1, 0.15) is 27.8 Å². The van der Waals surface area contributed by atoms with Crippen LogP contribution in [0.25, 0.3) is 0 Å². The Morgan fingerprint density at radius 2 is 0.676 bits per heavy atom. The van der Waals surface area contributed by atoms with Gasteiger partial charge in [0.15, 0.2) is 8.07 Å². The molecular weight excluding hydrogens is 424 g/mol. The highest BCUT2D eigenvalue weighted by molar-refractivity contribution is 7.11. The Morgan fingerprint density at radius 3 is 0.941 bits per heavy atom. The van der Waals surface area contributed by atoms with Crippen LogP contribution in [0.5, 0.6) is 0 Å². The fraction of sp³-hybridized carbons (Fsp3) is 0.0303. The van der Waals surface area contributed by atoms with E-state index in [0.717, 1.165) is 28.3 Å². The van der Waals surface area contributed by atoms with E-state index < -0.39 is 8.07 Å². The zero-order valence-electron chi connectivity index (χ0n) is 18.8. The van der Waals surface area contributed by atoms with Crippen LogP contribution in [0, 0.1) is 49.4 Å². The number of hydrogen-bond acceptors (Lipinski definition) is 0. The maximum absolute atomic E-state index is 5.65. The van der Waals surface area contributed by atoms with E-state index in [1.165, 1.54) is 21.1 Å². The maximum Gasteiger partial charge on any atom is 0.152 e. The Balaban J connectivity index is 2.01. The number of benzene rings is 4. The van der Waals surface area contributed by atoms with Crippen LogP contribution in [0.3, 0.4) is 0 Å². The molecule has 4 aromatic carbocycles. The first kappa shape index (κ1) is 22.5. The molecule has 0 saturated carbocycles. The summed E-state index contributed by atoms with van der Waals surface area (Å²) in [4.78, 5) is 0. The van der Waals surface area contributed by atoms with Crippen molar-refractivity contribution in [1.29, 1.82) is 0 Å². The van der Waals surface area contributed by atoms with Crippen molar-refractivity contribution in [2.75, 3.05) is 0 Å². The van der Waals surface area contributed by atoms with E-state index in [9.17, 15) is 0 Å². The van der Waals surface area contributed by atoms with Gasteiger partial charge in [0, 0.05) is 22.3 Å². The SMILES string of the molecule is C#Cc1ccc(C[Si](c2ccc(C#C)cc2)(c2ccc(C#C)cc2)c2ccc(C#C)cc2)cc1. The average molecular weight is 447 g/mol. The minimum atomic E-state index is -2.56. The van der Waals surface area contributed by atoms with Gasteiger partial charge in [-0.3, -0.25) is 0 Å². The monoisotopic (exact) mass is 446 g/mol. The summed E-state index contributed by atoms with van der Waals surface area (Å²) in [6, 6.07) is 34.2. The Kier molecular flexibility index (Phi) is 6.53. The van der Waals surface area contributed by atoms with E-state index in [0.29, 0.717) is 0 Å². The van der Waals surface area contributed by atoms with Gasteiger partial charge in [-0.05, 0) is 75.7 Å². The van der Waals surface area contributed by atoms with Crippen molar-refractivity contribution in [2.24, 2.45) is 0 Å². The molecule has 0 N–H and O–H groups in total. The largest absolute Gasteiger partial charge is 0.152 e. The van der Waals surface area contributed by atoms with Gasteiger partial charge >= 0.3 is 0 Å². The molecule has 158 valence electrons. The van der Waals surface area contributed by atoms with Crippen molar-refractivity contribution in [2.45, 2.75) is 6.04 Å². The molecule has 0 aliphatic carbocycles. The van der Waals surface area contributed by atoms with Crippen LogP contribution in [0.4, 0.5) is 0 Å². The smallest absolute Gasteiger partial charge is 0.115 e. The fourth-order valence-electron chi connectivity index (χ4n) is 4.38. The van der Waals surface area contributed by atoms with E-state index in [4.69, 9.17) is 25.7 Å². The Morgan fingerprint density at radius 1 is 0.412 bits per heavy atom. The molecule has 0 unspecified atom stereocenters. The maximum atomic E-state index is 5.65. The minimum absolute atomic E-state index is 0.845. The normalized spacial score (nSPS) is 10.4.